The predicted molar refractivity (Wildman–Crippen MR) is 78.5 cm³/mol. The molecule has 1 atom stereocenters. The minimum absolute atomic E-state index is 0.229. The zero-order valence-electron chi connectivity index (χ0n) is 11.4. The van der Waals surface area contributed by atoms with Crippen LogP contribution < -0.4 is 22.1 Å². The van der Waals surface area contributed by atoms with Crippen LogP contribution in [-0.2, 0) is 16.0 Å². The van der Waals surface area contributed by atoms with Gasteiger partial charge in [-0.15, -0.1) is 0 Å². The maximum Gasteiger partial charge on any atom is 0.316 e. The van der Waals surface area contributed by atoms with Crippen LogP contribution in [0.3, 0.4) is 0 Å². The van der Waals surface area contributed by atoms with E-state index in [1.54, 1.807) is 19.1 Å². The van der Waals surface area contributed by atoms with Crippen LogP contribution in [0.15, 0.2) is 24.3 Å². The first-order valence-electron chi connectivity index (χ1n) is 6.19. The molecule has 21 heavy (non-hydrogen) atoms. The van der Waals surface area contributed by atoms with Crippen LogP contribution in [0.4, 0.5) is 4.79 Å². The zero-order valence-corrected chi connectivity index (χ0v) is 12.2. The van der Waals surface area contributed by atoms with E-state index in [1.165, 1.54) is 0 Å². The van der Waals surface area contributed by atoms with Crippen molar-refractivity contribution in [1.29, 1.82) is 0 Å². The van der Waals surface area contributed by atoms with E-state index in [9.17, 15) is 14.4 Å². The summed E-state index contributed by atoms with van der Waals surface area (Å²) in [7, 11) is 0. The van der Waals surface area contributed by atoms with Crippen LogP contribution in [-0.4, -0.2) is 29.9 Å². The van der Waals surface area contributed by atoms with Crippen molar-refractivity contribution in [2.45, 2.75) is 25.4 Å². The smallest absolute Gasteiger partial charge is 0.316 e. The van der Waals surface area contributed by atoms with Crippen molar-refractivity contribution < 1.29 is 14.4 Å². The van der Waals surface area contributed by atoms with Gasteiger partial charge in [-0.05, 0) is 31.0 Å². The van der Waals surface area contributed by atoms with E-state index in [4.69, 9.17) is 23.1 Å². The molecule has 0 aliphatic rings. The number of hydrogen-bond acceptors (Lipinski definition) is 3. The largest absolute Gasteiger partial charge is 0.367 e. The van der Waals surface area contributed by atoms with E-state index < -0.39 is 23.9 Å². The summed E-state index contributed by atoms with van der Waals surface area (Å²) in [5, 5.41) is 5.33. The lowest BCUT2D eigenvalue weighted by Gasteiger charge is -2.17. The lowest BCUT2D eigenvalue weighted by atomic mass is 10.1. The number of carbonyl (C=O) groups excluding carboxylic acids is 3. The van der Waals surface area contributed by atoms with Crippen LogP contribution in [0.25, 0.3) is 0 Å². The van der Waals surface area contributed by atoms with Gasteiger partial charge in [0.2, 0.25) is 11.8 Å². The fourth-order valence-electron chi connectivity index (χ4n) is 1.70. The fraction of sp³-hybridized carbons (Fsp3) is 0.308. The van der Waals surface area contributed by atoms with Gasteiger partial charge < -0.3 is 22.1 Å². The van der Waals surface area contributed by atoms with Crippen molar-refractivity contribution in [3.63, 3.8) is 0 Å². The molecule has 1 rings (SSSR count). The lowest BCUT2D eigenvalue weighted by molar-refractivity contribution is -0.128. The molecule has 6 N–H and O–H groups in total. The number of benzene rings is 1. The minimum atomic E-state index is -1.53. The molecule has 0 saturated heterocycles. The van der Waals surface area contributed by atoms with Gasteiger partial charge in [-0.2, -0.15) is 0 Å². The quantitative estimate of drug-likeness (QED) is 0.548. The first kappa shape index (κ1) is 16.8. The Bertz CT molecular complexity index is 519. The van der Waals surface area contributed by atoms with Gasteiger partial charge in [0, 0.05) is 11.1 Å². The van der Waals surface area contributed by atoms with Crippen LogP contribution in [0.5, 0.6) is 0 Å². The molecule has 1 aromatic rings. The molecule has 1 aromatic carbocycles. The Morgan fingerprint density at radius 2 is 1.62 bits per heavy atom. The molecular formula is C13H17ClN4O3. The van der Waals surface area contributed by atoms with E-state index >= 15 is 0 Å². The molecule has 0 aliphatic heterocycles. The number of hydrogen-bond donors (Lipinski definition) is 4. The van der Waals surface area contributed by atoms with E-state index in [2.05, 4.69) is 10.6 Å². The molecule has 4 amide bonds. The molecule has 0 fully saturated rings. The maximum absolute atomic E-state index is 11.7. The number of primary amides is 2. The zero-order chi connectivity index (χ0) is 16.0. The summed E-state index contributed by atoms with van der Waals surface area (Å²) >= 11 is 5.78. The molecule has 0 aromatic heterocycles. The number of halogens is 1. The maximum atomic E-state index is 11.7. The molecule has 0 radical (unpaired) electrons. The third-order valence-electron chi connectivity index (χ3n) is 2.68. The van der Waals surface area contributed by atoms with Crippen molar-refractivity contribution in [3.05, 3.63) is 34.9 Å². The Labute approximate surface area is 127 Å². The average Bonchev–Trinajstić information content (AvgIpc) is 2.38. The summed E-state index contributed by atoms with van der Waals surface area (Å²) in [6.07, 6.45) is 0.558. The SMILES string of the molecule is C[C@H](Cc1ccc(Cl)cc1)NC(=O)NC(C(N)=O)C(N)=O. The summed E-state index contributed by atoms with van der Waals surface area (Å²) in [5.74, 6) is -2.02. The number of rotatable bonds is 6. The Hall–Kier alpha value is -2.28. The average molecular weight is 313 g/mol. The highest BCUT2D eigenvalue weighted by atomic mass is 35.5. The second kappa shape index (κ2) is 7.49. The third-order valence-corrected chi connectivity index (χ3v) is 2.93. The summed E-state index contributed by atoms with van der Waals surface area (Å²) in [4.78, 5) is 33.6. The number of nitrogens with two attached hydrogens (primary N) is 2. The first-order valence-corrected chi connectivity index (χ1v) is 6.57. The van der Waals surface area contributed by atoms with Crippen LogP contribution in [0.1, 0.15) is 12.5 Å². The van der Waals surface area contributed by atoms with Gasteiger partial charge >= 0.3 is 6.03 Å². The van der Waals surface area contributed by atoms with Crippen LogP contribution in [0.2, 0.25) is 5.02 Å². The normalized spacial score (nSPS) is 11.8. The second-order valence-electron chi connectivity index (χ2n) is 4.59. The molecular weight excluding hydrogens is 296 g/mol. The van der Waals surface area contributed by atoms with Gasteiger partial charge in [0.05, 0.1) is 0 Å². The molecule has 0 spiro atoms. The van der Waals surface area contributed by atoms with Crippen molar-refractivity contribution >= 4 is 29.4 Å². The molecule has 0 saturated carbocycles. The summed E-state index contributed by atoms with van der Waals surface area (Å²) in [6, 6.07) is 4.72. The summed E-state index contributed by atoms with van der Waals surface area (Å²) in [6.45, 7) is 1.78. The van der Waals surface area contributed by atoms with E-state index in [1.807, 2.05) is 12.1 Å². The highest BCUT2D eigenvalue weighted by Crippen LogP contribution is 2.10. The first-order chi connectivity index (χ1) is 9.79. The van der Waals surface area contributed by atoms with Crippen LogP contribution >= 0.6 is 11.6 Å². The van der Waals surface area contributed by atoms with E-state index in [0.717, 1.165) is 5.56 Å². The number of carbonyl (C=O) groups is 3. The van der Waals surface area contributed by atoms with Gasteiger partial charge in [-0.25, -0.2) is 4.79 Å². The van der Waals surface area contributed by atoms with Gasteiger partial charge in [-0.1, -0.05) is 23.7 Å². The van der Waals surface area contributed by atoms with Gasteiger partial charge in [-0.3, -0.25) is 9.59 Å². The van der Waals surface area contributed by atoms with Crippen molar-refractivity contribution in [3.8, 4) is 0 Å². The molecule has 8 heteroatoms. The van der Waals surface area contributed by atoms with Gasteiger partial charge in [0.15, 0.2) is 6.04 Å². The number of amides is 4. The van der Waals surface area contributed by atoms with Crippen LogP contribution in [0, 0.1) is 0 Å². The lowest BCUT2D eigenvalue weighted by Crippen LogP contribution is -2.56. The van der Waals surface area contributed by atoms with E-state index in [-0.39, 0.29) is 6.04 Å². The van der Waals surface area contributed by atoms with Gasteiger partial charge in [0.25, 0.3) is 0 Å². The van der Waals surface area contributed by atoms with Gasteiger partial charge in [0.1, 0.15) is 0 Å². The Morgan fingerprint density at radius 3 is 2.10 bits per heavy atom. The summed E-state index contributed by atoms with van der Waals surface area (Å²) in [5.41, 5.74) is 10.9. The predicted octanol–water partition coefficient (Wildman–Crippen LogP) is -0.0906. The topological polar surface area (TPSA) is 127 Å². The highest BCUT2D eigenvalue weighted by Gasteiger charge is 2.24. The molecule has 0 aliphatic carbocycles. The fourth-order valence-corrected chi connectivity index (χ4v) is 1.83. The van der Waals surface area contributed by atoms with E-state index in [0.29, 0.717) is 11.4 Å². The molecule has 114 valence electrons. The Kier molecular flexibility index (Phi) is 5.98. The monoisotopic (exact) mass is 312 g/mol. The second-order valence-corrected chi connectivity index (χ2v) is 5.02. The number of nitrogens with one attached hydrogen (secondary N) is 2. The standard InChI is InChI=1S/C13H17ClN4O3/c1-7(6-8-2-4-9(14)5-3-8)17-13(21)18-10(11(15)19)12(16)20/h2-5,7,10H,6H2,1H3,(H2,15,19)(H2,16,20)(H2,17,18,21)/t7-/m1/s1. The molecule has 0 bridgehead atoms. The molecule has 7 nitrogen and oxygen atoms in total. The third kappa shape index (κ3) is 5.70. The highest BCUT2D eigenvalue weighted by molar-refractivity contribution is 6.30. The Balaban J connectivity index is 2.52. The summed E-state index contributed by atoms with van der Waals surface area (Å²) < 4.78 is 0. The van der Waals surface area contributed by atoms with Crippen molar-refractivity contribution in [2.24, 2.45) is 11.5 Å². The Morgan fingerprint density at radius 1 is 1.10 bits per heavy atom. The van der Waals surface area contributed by atoms with Crippen molar-refractivity contribution in [2.75, 3.05) is 0 Å². The molecule has 0 heterocycles. The minimum Gasteiger partial charge on any atom is -0.367 e. The molecule has 0 unspecified atom stereocenters. The number of urea groups is 1. The van der Waals surface area contributed by atoms with Crippen molar-refractivity contribution in [1.82, 2.24) is 10.6 Å².